The van der Waals surface area contributed by atoms with Crippen LogP contribution in [-0.4, -0.2) is 4.98 Å². The average Bonchev–Trinajstić information content (AvgIpc) is 2.81. The number of anilines is 1. The van der Waals surface area contributed by atoms with Crippen molar-refractivity contribution in [1.82, 2.24) is 4.98 Å². The Labute approximate surface area is 118 Å². The summed E-state index contributed by atoms with van der Waals surface area (Å²) in [5.41, 5.74) is 11.9. The standard InChI is InChI=1S/C17H18N2O/c1-11-9-14(18)17-15(10-11)19-16(20-17)8-7-13-6-4-3-5-12(13)2/h3-6,9-10H,7-8,18H2,1-2H3. The van der Waals surface area contributed by atoms with Crippen molar-refractivity contribution in [2.45, 2.75) is 26.7 Å². The maximum absolute atomic E-state index is 5.97. The van der Waals surface area contributed by atoms with E-state index in [4.69, 9.17) is 10.2 Å². The number of oxazole rings is 1. The molecule has 1 heterocycles. The largest absolute Gasteiger partial charge is 0.439 e. The molecule has 2 aromatic carbocycles. The fourth-order valence-electron chi connectivity index (χ4n) is 2.49. The molecule has 3 aromatic rings. The third-order valence-corrected chi connectivity index (χ3v) is 3.58. The molecule has 3 heteroatoms. The highest BCUT2D eigenvalue weighted by Crippen LogP contribution is 2.24. The summed E-state index contributed by atoms with van der Waals surface area (Å²) < 4.78 is 5.78. The molecule has 102 valence electrons. The number of aryl methyl sites for hydroxylation is 4. The number of rotatable bonds is 3. The maximum Gasteiger partial charge on any atom is 0.195 e. The van der Waals surface area contributed by atoms with E-state index in [1.807, 2.05) is 19.1 Å². The van der Waals surface area contributed by atoms with Gasteiger partial charge in [0.25, 0.3) is 0 Å². The van der Waals surface area contributed by atoms with Crippen LogP contribution in [0.4, 0.5) is 5.69 Å². The highest BCUT2D eigenvalue weighted by atomic mass is 16.3. The van der Waals surface area contributed by atoms with Gasteiger partial charge in [0, 0.05) is 6.42 Å². The van der Waals surface area contributed by atoms with Crippen molar-refractivity contribution in [2.24, 2.45) is 0 Å². The van der Waals surface area contributed by atoms with Crippen molar-refractivity contribution in [3.8, 4) is 0 Å². The molecule has 0 saturated heterocycles. The van der Waals surface area contributed by atoms with E-state index in [2.05, 4.69) is 36.2 Å². The van der Waals surface area contributed by atoms with Gasteiger partial charge in [-0.2, -0.15) is 0 Å². The summed E-state index contributed by atoms with van der Waals surface area (Å²) in [6.45, 7) is 4.14. The molecule has 2 N–H and O–H groups in total. The summed E-state index contributed by atoms with van der Waals surface area (Å²) in [7, 11) is 0. The normalized spacial score (nSPS) is 11.1. The Bertz CT molecular complexity index is 759. The molecule has 0 unspecified atom stereocenters. The van der Waals surface area contributed by atoms with Crippen molar-refractivity contribution < 1.29 is 4.42 Å². The lowest BCUT2D eigenvalue weighted by atomic mass is 10.0. The van der Waals surface area contributed by atoms with Crippen LogP contribution >= 0.6 is 0 Å². The van der Waals surface area contributed by atoms with Crippen LogP contribution in [0.1, 0.15) is 22.6 Å². The van der Waals surface area contributed by atoms with Crippen molar-refractivity contribution in [3.05, 3.63) is 59.0 Å². The first kappa shape index (κ1) is 12.7. The summed E-state index contributed by atoms with van der Waals surface area (Å²) in [5.74, 6) is 0.751. The summed E-state index contributed by atoms with van der Waals surface area (Å²) in [4.78, 5) is 4.53. The van der Waals surface area contributed by atoms with E-state index in [0.717, 1.165) is 29.8 Å². The second-order valence-electron chi connectivity index (χ2n) is 5.24. The van der Waals surface area contributed by atoms with Gasteiger partial charge in [-0.3, -0.25) is 0 Å². The van der Waals surface area contributed by atoms with Gasteiger partial charge in [-0.1, -0.05) is 24.3 Å². The SMILES string of the molecule is Cc1cc(N)c2oc(CCc3ccccc3C)nc2c1. The van der Waals surface area contributed by atoms with Gasteiger partial charge in [0.15, 0.2) is 11.5 Å². The number of fused-ring (bicyclic) bond motifs is 1. The molecule has 0 aliphatic rings. The van der Waals surface area contributed by atoms with E-state index in [1.54, 1.807) is 0 Å². The van der Waals surface area contributed by atoms with Gasteiger partial charge in [0.05, 0.1) is 5.69 Å². The molecular weight excluding hydrogens is 248 g/mol. The molecule has 1 aromatic heterocycles. The third kappa shape index (κ3) is 2.39. The zero-order valence-corrected chi connectivity index (χ0v) is 11.8. The van der Waals surface area contributed by atoms with E-state index in [1.165, 1.54) is 11.1 Å². The van der Waals surface area contributed by atoms with E-state index >= 15 is 0 Å². The van der Waals surface area contributed by atoms with E-state index < -0.39 is 0 Å². The first-order valence-electron chi connectivity index (χ1n) is 6.83. The van der Waals surface area contributed by atoms with Gasteiger partial charge in [-0.05, 0) is 49.1 Å². The Morgan fingerprint density at radius 1 is 1.10 bits per heavy atom. The Morgan fingerprint density at radius 3 is 2.70 bits per heavy atom. The molecule has 0 aliphatic carbocycles. The average molecular weight is 266 g/mol. The van der Waals surface area contributed by atoms with E-state index in [-0.39, 0.29) is 0 Å². The number of nitrogens with two attached hydrogens (primary N) is 1. The molecule has 0 aliphatic heterocycles. The summed E-state index contributed by atoms with van der Waals surface area (Å²) in [6.07, 6.45) is 1.72. The molecule has 0 bridgehead atoms. The number of nitrogens with zero attached hydrogens (tertiary/aromatic N) is 1. The molecule has 0 atom stereocenters. The number of hydrogen-bond donors (Lipinski definition) is 1. The molecule has 0 fully saturated rings. The van der Waals surface area contributed by atoms with Gasteiger partial charge in [-0.25, -0.2) is 4.98 Å². The third-order valence-electron chi connectivity index (χ3n) is 3.58. The van der Waals surface area contributed by atoms with Crippen molar-refractivity contribution in [1.29, 1.82) is 0 Å². The van der Waals surface area contributed by atoms with Gasteiger partial charge in [-0.15, -0.1) is 0 Å². The van der Waals surface area contributed by atoms with Crippen molar-refractivity contribution in [3.63, 3.8) is 0 Å². The van der Waals surface area contributed by atoms with Crippen molar-refractivity contribution >= 4 is 16.8 Å². The fraction of sp³-hybridized carbons (Fsp3) is 0.235. The smallest absolute Gasteiger partial charge is 0.195 e. The number of aromatic nitrogens is 1. The van der Waals surface area contributed by atoms with Crippen LogP contribution in [0.3, 0.4) is 0 Å². The Kier molecular flexibility index (Phi) is 3.18. The van der Waals surface area contributed by atoms with Gasteiger partial charge in [0.1, 0.15) is 5.52 Å². The Morgan fingerprint density at radius 2 is 1.90 bits per heavy atom. The molecule has 0 saturated carbocycles. The summed E-state index contributed by atoms with van der Waals surface area (Å²) in [6, 6.07) is 12.3. The lowest BCUT2D eigenvalue weighted by Crippen LogP contribution is -1.93. The Balaban J connectivity index is 1.85. The molecule has 0 amide bonds. The van der Waals surface area contributed by atoms with Crippen LogP contribution in [0, 0.1) is 13.8 Å². The van der Waals surface area contributed by atoms with Gasteiger partial charge in [0.2, 0.25) is 0 Å². The Hall–Kier alpha value is -2.29. The summed E-state index contributed by atoms with van der Waals surface area (Å²) >= 11 is 0. The molecule has 20 heavy (non-hydrogen) atoms. The van der Waals surface area contributed by atoms with E-state index in [0.29, 0.717) is 11.3 Å². The molecule has 0 radical (unpaired) electrons. The fourth-order valence-corrected chi connectivity index (χ4v) is 2.49. The first-order chi connectivity index (χ1) is 9.63. The maximum atomic E-state index is 5.97. The lowest BCUT2D eigenvalue weighted by molar-refractivity contribution is 0.529. The predicted octanol–water partition coefficient (Wildman–Crippen LogP) is 3.81. The number of benzene rings is 2. The van der Waals surface area contributed by atoms with Gasteiger partial charge >= 0.3 is 0 Å². The highest BCUT2D eigenvalue weighted by Gasteiger charge is 2.09. The minimum atomic E-state index is 0.662. The number of hydrogen-bond acceptors (Lipinski definition) is 3. The van der Waals surface area contributed by atoms with Crippen LogP contribution < -0.4 is 5.73 Å². The van der Waals surface area contributed by atoms with Crippen LogP contribution in [0.2, 0.25) is 0 Å². The zero-order chi connectivity index (χ0) is 14.1. The second kappa shape index (κ2) is 5.00. The predicted molar refractivity (Wildman–Crippen MR) is 81.7 cm³/mol. The molecule has 3 rings (SSSR count). The van der Waals surface area contributed by atoms with Crippen LogP contribution in [0.15, 0.2) is 40.8 Å². The molecular formula is C17H18N2O. The quantitative estimate of drug-likeness (QED) is 0.733. The summed E-state index contributed by atoms with van der Waals surface area (Å²) in [5, 5.41) is 0. The molecule has 3 nitrogen and oxygen atoms in total. The van der Waals surface area contributed by atoms with Crippen LogP contribution in [-0.2, 0) is 12.8 Å². The minimum absolute atomic E-state index is 0.662. The monoisotopic (exact) mass is 266 g/mol. The first-order valence-corrected chi connectivity index (χ1v) is 6.83. The zero-order valence-electron chi connectivity index (χ0n) is 11.8. The minimum Gasteiger partial charge on any atom is -0.439 e. The lowest BCUT2D eigenvalue weighted by Gasteiger charge is -2.02. The van der Waals surface area contributed by atoms with Crippen LogP contribution in [0.5, 0.6) is 0 Å². The number of nitrogen functional groups attached to an aromatic ring is 1. The highest BCUT2D eigenvalue weighted by molar-refractivity contribution is 5.85. The van der Waals surface area contributed by atoms with Gasteiger partial charge < -0.3 is 10.2 Å². The topological polar surface area (TPSA) is 52.0 Å². The van der Waals surface area contributed by atoms with Crippen molar-refractivity contribution in [2.75, 3.05) is 5.73 Å². The molecule has 0 spiro atoms. The van der Waals surface area contributed by atoms with E-state index in [9.17, 15) is 0 Å². The van der Waals surface area contributed by atoms with Crippen LogP contribution in [0.25, 0.3) is 11.1 Å². The second-order valence-corrected chi connectivity index (χ2v) is 5.24.